The van der Waals surface area contributed by atoms with E-state index in [1.54, 1.807) is 0 Å². The van der Waals surface area contributed by atoms with Crippen molar-refractivity contribution in [1.29, 1.82) is 0 Å². The van der Waals surface area contributed by atoms with Crippen LogP contribution in [0.3, 0.4) is 0 Å². The number of hydrogen-bond donors (Lipinski definition) is 6. The molecule has 0 spiro atoms. The van der Waals surface area contributed by atoms with Gasteiger partial charge < -0.3 is 56.1 Å². The van der Waals surface area contributed by atoms with Crippen molar-refractivity contribution in [3.8, 4) is 0 Å². The van der Waals surface area contributed by atoms with E-state index in [9.17, 15) is 0 Å². The van der Waals surface area contributed by atoms with Crippen molar-refractivity contribution in [2.45, 2.75) is 77.0 Å². The van der Waals surface area contributed by atoms with Gasteiger partial charge in [-0.15, -0.1) is 121 Å². The van der Waals surface area contributed by atoms with Crippen molar-refractivity contribution < 1.29 is 160 Å². The first-order valence-electron chi connectivity index (χ1n) is 32.6. The first-order chi connectivity index (χ1) is 48.6. The molecule has 3 aliphatic carbocycles. The Labute approximate surface area is 723 Å². The van der Waals surface area contributed by atoms with Crippen LogP contribution in [0.25, 0.3) is 0 Å². The van der Waals surface area contributed by atoms with Crippen LogP contribution in [0.1, 0.15) is 133 Å². The van der Waals surface area contributed by atoms with E-state index >= 15 is 0 Å². The molecule has 19 heteroatoms. The summed E-state index contributed by atoms with van der Waals surface area (Å²) in [5, 5.41) is 68.5. The van der Waals surface area contributed by atoms with Crippen LogP contribution in [0.5, 0.6) is 0 Å². The van der Waals surface area contributed by atoms with Gasteiger partial charge in [-0.2, -0.15) is 246 Å². The molecular formula is C88H100Cl2FeN6O6Ti4-2. The summed E-state index contributed by atoms with van der Waals surface area (Å²) in [6.07, 6.45) is 10.4. The summed E-state index contributed by atoms with van der Waals surface area (Å²) in [7, 11) is 0. The molecule has 0 aromatic heterocycles. The van der Waals surface area contributed by atoms with Crippen molar-refractivity contribution in [3.05, 3.63) is 428 Å². The molecule has 12 nitrogen and oxygen atoms in total. The molecule has 107 heavy (non-hydrogen) atoms. The van der Waals surface area contributed by atoms with Crippen molar-refractivity contribution in [1.82, 2.24) is 0 Å². The van der Waals surface area contributed by atoms with Gasteiger partial charge in [0.2, 0.25) is 0 Å². The number of oxime groups is 6. The first-order valence-corrected chi connectivity index (χ1v) is 32.6. The summed E-state index contributed by atoms with van der Waals surface area (Å²) < 4.78 is 0. The standard InChI is InChI=1S/10C7H7.3C6H10N2O2.2ClH.Fe.4Ti/c10*1-7-5-3-2-4-6-7;3*9-7-5-3-1-2-4-6(5)8-10;;;;;;;/h10*2-6H,1H2;3*9-10H,1-4H2;2*1H;;;;;/q10*-1;;;;;;+2;;;2*+4/p-2. The van der Waals surface area contributed by atoms with Gasteiger partial charge in [-0.05, 0) is 77.0 Å². The molecule has 6 N–H and O–H groups in total. The van der Waals surface area contributed by atoms with Crippen molar-refractivity contribution in [2.24, 2.45) is 30.9 Å². The van der Waals surface area contributed by atoms with Gasteiger partial charge in [0, 0.05) is 43.4 Å². The Hall–Kier alpha value is -8.32. The fraction of sp³-hybridized carbons (Fsp3) is 0.136. The predicted octanol–water partition coefficient (Wildman–Crippen LogP) is 16.3. The normalized spacial score (nSPS) is 13.3. The fourth-order valence-electron chi connectivity index (χ4n) is 8.05. The Morgan fingerprint density at radius 1 is 0.178 bits per heavy atom. The minimum atomic E-state index is 0. The minimum Gasteiger partial charge on any atom is -1.00 e. The maximum absolute atomic E-state index is 8.39. The van der Waals surface area contributed by atoms with Crippen LogP contribution < -0.4 is 24.8 Å². The minimum absolute atomic E-state index is 0. The van der Waals surface area contributed by atoms with Crippen molar-refractivity contribution >= 4 is 34.3 Å². The van der Waals surface area contributed by atoms with E-state index in [1.807, 2.05) is 303 Å². The molecule has 3 aliphatic rings. The maximum Gasteiger partial charge on any atom is 4.00 e. The molecule has 0 heterocycles. The SMILES string of the molecule is ON=C1CCCCC1=NO.ON=C1CCCCC1=NO.ON=C1CCCCC1=NO.[CH2-]c1ccccc1.[CH2-]c1ccccc1.[CH2-]c1ccccc1.[CH2-]c1ccccc1.[CH2-]c1ccccc1.[CH2-]c1ccccc1.[CH2-]c1ccccc1.[CH2-]c1ccccc1.[CH2-]c1ccccc1.[CH2-]c1ccccc1.[Cl-].[Cl-].[Fe+2].[Ti+4].[Ti+4].[Ti].[Ti]. The van der Waals surface area contributed by atoms with Crippen LogP contribution in [-0.4, -0.2) is 65.5 Å². The van der Waals surface area contributed by atoms with Crippen LogP contribution in [0.15, 0.2) is 334 Å². The molecule has 0 radical (unpaired) electrons. The van der Waals surface area contributed by atoms with Gasteiger partial charge in [0.15, 0.2) is 0 Å². The van der Waals surface area contributed by atoms with E-state index in [0.29, 0.717) is 34.3 Å². The summed E-state index contributed by atoms with van der Waals surface area (Å²) in [6.45, 7) is 37.2. The zero-order valence-corrected chi connectivity index (χ0v) is 69.8. The largest absolute Gasteiger partial charge is 4.00 e. The average Bonchev–Trinajstić information content (AvgIpc) is 0.917. The molecule has 558 valence electrons. The first kappa shape index (κ1) is 112. The smallest absolute Gasteiger partial charge is 1.00 e. The van der Waals surface area contributed by atoms with Gasteiger partial charge in [0.05, 0.1) is 0 Å². The third kappa shape index (κ3) is 65.7. The number of rotatable bonds is 0. The zero-order valence-electron chi connectivity index (χ0n) is 60.9. The molecule has 0 saturated heterocycles. The van der Waals surface area contributed by atoms with Gasteiger partial charge in [0.1, 0.15) is 34.3 Å². The van der Waals surface area contributed by atoms with Crippen LogP contribution in [0.4, 0.5) is 0 Å². The molecule has 13 rings (SSSR count). The molecule has 0 bridgehead atoms. The Balaban J connectivity index is -0.000000202. The molecule has 3 saturated carbocycles. The third-order valence-electron chi connectivity index (χ3n) is 13.4. The quantitative estimate of drug-likeness (QED) is 0.0378. The second kappa shape index (κ2) is 78.7. The van der Waals surface area contributed by atoms with E-state index < -0.39 is 0 Å². The summed E-state index contributed by atoms with van der Waals surface area (Å²) in [5.74, 6) is 0. The van der Waals surface area contributed by atoms with Gasteiger partial charge >= 0.3 is 60.5 Å². The number of hydrogen-bond acceptors (Lipinski definition) is 12. The number of nitrogens with zero attached hydrogens (tertiary/aromatic N) is 6. The molecule has 0 unspecified atom stereocenters. The fourth-order valence-corrected chi connectivity index (χ4v) is 8.05. The van der Waals surface area contributed by atoms with E-state index in [2.05, 4.69) is 100 Å². The summed E-state index contributed by atoms with van der Waals surface area (Å²) in [6, 6.07) is 98.7. The van der Waals surface area contributed by atoms with Crippen molar-refractivity contribution in [2.75, 3.05) is 0 Å². The summed E-state index contributed by atoms with van der Waals surface area (Å²) in [4.78, 5) is 0. The van der Waals surface area contributed by atoms with Gasteiger partial charge in [-0.3, -0.25) is 0 Å². The molecule has 10 aromatic rings. The molecule has 0 atom stereocenters. The number of benzene rings is 10. The number of halogens is 2. The molecular weight excluding hydrogens is 1560 g/mol. The summed E-state index contributed by atoms with van der Waals surface area (Å²) in [5.41, 5.74) is 13.8. The van der Waals surface area contributed by atoms with Crippen molar-refractivity contribution in [3.63, 3.8) is 0 Å². The van der Waals surface area contributed by atoms with Crippen LogP contribution in [0.2, 0.25) is 0 Å². The van der Waals surface area contributed by atoms with Crippen LogP contribution in [0, 0.1) is 69.2 Å². The summed E-state index contributed by atoms with van der Waals surface area (Å²) >= 11 is 0. The Bertz CT molecular complexity index is 2950. The van der Waals surface area contributed by atoms with Gasteiger partial charge in [-0.1, -0.05) is 91.6 Å². The monoisotopic (exact) mass is 1650 g/mol. The third-order valence-corrected chi connectivity index (χ3v) is 13.4. The molecule has 0 aliphatic heterocycles. The van der Waals surface area contributed by atoms with Crippen LogP contribution in [-0.2, 0) is 104 Å². The maximum atomic E-state index is 8.39. The average molecular weight is 1660 g/mol. The Morgan fingerprint density at radius 2 is 0.252 bits per heavy atom. The van der Waals surface area contributed by atoms with E-state index in [0.717, 1.165) is 133 Å². The predicted molar refractivity (Wildman–Crippen MR) is 420 cm³/mol. The van der Waals surface area contributed by atoms with Gasteiger partial charge in [-0.25, -0.2) is 0 Å². The van der Waals surface area contributed by atoms with Gasteiger partial charge in [0.25, 0.3) is 0 Å². The molecule has 10 aromatic carbocycles. The Kier molecular flexibility index (Phi) is 82.4. The second-order valence-corrected chi connectivity index (χ2v) is 21.8. The molecule has 3 fully saturated rings. The Morgan fingerprint density at radius 3 is 0.299 bits per heavy atom. The van der Waals surface area contributed by atoms with Crippen LogP contribution >= 0.6 is 0 Å². The topological polar surface area (TPSA) is 196 Å². The molecule has 0 amide bonds. The van der Waals surface area contributed by atoms with E-state index in [-0.39, 0.29) is 129 Å². The van der Waals surface area contributed by atoms with E-state index in [4.69, 9.17) is 31.2 Å². The zero-order chi connectivity index (χ0) is 73.3. The van der Waals surface area contributed by atoms with E-state index in [1.165, 1.54) is 0 Å². The second-order valence-electron chi connectivity index (χ2n) is 21.8.